The van der Waals surface area contributed by atoms with Crippen molar-refractivity contribution in [3.63, 3.8) is 0 Å². The van der Waals surface area contributed by atoms with Crippen LogP contribution in [0.4, 0.5) is 17.1 Å². The van der Waals surface area contributed by atoms with E-state index in [1.165, 1.54) is 4.90 Å². The Bertz CT molecular complexity index is 1210. The average Bonchev–Trinajstić information content (AvgIpc) is 3.04. The Balaban J connectivity index is 1.83. The van der Waals surface area contributed by atoms with Crippen LogP contribution in [0.3, 0.4) is 0 Å². The second-order valence-electron chi connectivity index (χ2n) is 7.80. The number of carbonyl (C=O) groups excluding carboxylic acids is 2. The highest BCUT2D eigenvalue weighted by Crippen LogP contribution is 2.36. The van der Waals surface area contributed by atoms with Gasteiger partial charge in [0.1, 0.15) is 11.4 Å². The zero-order valence-corrected chi connectivity index (χ0v) is 18.5. The monoisotopic (exact) mass is 427 g/mol. The van der Waals surface area contributed by atoms with Crippen molar-refractivity contribution in [1.29, 1.82) is 0 Å². The molecule has 1 aliphatic heterocycles. The number of hydrogen-bond donors (Lipinski definition) is 1. The van der Waals surface area contributed by atoms with Crippen molar-refractivity contribution in [1.82, 2.24) is 0 Å². The van der Waals surface area contributed by atoms with Gasteiger partial charge < -0.3 is 15.0 Å². The molecule has 3 aromatic carbocycles. The van der Waals surface area contributed by atoms with Crippen molar-refractivity contribution in [2.45, 2.75) is 6.92 Å². The molecule has 3 aromatic rings. The standard InChI is InChI=1S/C26H25N3O3/c1-17-12-14-18(15-13-17)23-24(27-21-10-5-6-11-22(21)32-4)26(31)29(25(23)30)20-9-7-8-19(16-20)28(2)3/h5-16,27H,1-4H3. The van der Waals surface area contributed by atoms with Crippen LogP contribution in [-0.2, 0) is 9.59 Å². The lowest BCUT2D eigenvalue weighted by Crippen LogP contribution is -2.32. The number of imide groups is 1. The number of rotatable bonds is 6. The number of hydrogen-bond acceptors (Lipinski definition) is 5. The van der Waals surface area contributed by atoms with Gasteiger partial charge in [-0.1, -0.05) is 48.0 Å². The van der Waals surface area contributed by atoms with E-state index in [0.717, 1.165) is 11.3 Å². The van der Waals surface area contributed by atoms with E-state index < -0.39 is 5.91 Å². The molecule has 1 aliphatic rings. The Morgan fingerprint density at radius 1 is 0.875 bits per heavy atom. The number of ether oxygens (including phenoxy) is 1. The van der Waals surface area contributed by atoms with Crippen LogP contribution in [0.2, 0.25) is 0 Å². The Morgan fingerprint density at radius 2 is 1.59 bits per heavy atom. The largest absolute Gasteiger partial charge is 0.495 e. The summed E-state index contributed by atoms with van der Waals surface area (Å²) < 4.78 is 5.43. The molecule has 32 heavy (non-hydrogen) atoms. The SMILES string of the molecule is COc1ccccc1NC1=C(c2ccc(C)cc2)C(=O)N(c2cccc(N(C)C)c2)C1=O. The van der Waals surface area contributed by atoms with E-state index in [0.29, 0.717) is 28.3 Å². The maximum Gasteiger partial charge on any atom is 0.282 e. The Kier molecular flexibility index (Phi) is 5.69. The van der Waals surface area contributed by atoms with E-state index in [1.807, 2.05) is 86.6 Å². The van der Waals surface area contributed by atoms with Gasteiger partial charge in [-0.3, -0.25) is 9.59 Å². The molecule has 0 atom stereocenters. The summed E-state index contributed by atoms with van der Waals surface area (Å²) in [6, 6.07) is 22.2. The predicted octanol–water partition coefficient (Wildman–Crippen LogP) is 4.47. The zero-order chi connectivity index (χ0) is 22.8. The smallest absolute Gasteiger partial charge is 0.282 e. The molecule has 0 fully saturated rings. The van der Waals surface area contributed by atoms with E-state index in [4.69, 9.17) is 4.74 Å². The van der Waals surface area contributed by atoms with Crippen LogP contribution < -0.4 is 19.9 Å². The molecule has 2 amide bonds. The third-order valence-electron chi connectivity index (χ3n) is 5.40. The molecule has 0 aromatic heterocycles. The number of aryl methyl sites for hydroxylation is 1. The van der Waals surface area contributed by atoms with Gasteiger partial charge in [0.15, 0.2) is 0 Å². The van der Waals surface area contributed by atoms with Gasteiger partial charge >= 0.3 is 0 Å². The van der Waals surface area contributed by atoms with Crippen molar-refractivity contribution >= 4 is 34.4 Å². The number of benzene rings is 3. The molecule has 0 bridgehead atoms. The highest BCUT2D eigenvalue weighted by Gasteiger charge is 2.40. The summed E-state index contributed by atoms with van der Waals surface area (Å²) in [6.07, 6.45) is 0. The van der Waals surface area contributed by atoms with E-state index >= 15 is 0 Å². The molecule has 0 aliphatic carbocycles. The molecule has 0 saturated heterocycles. The topological polar surface area (TPSA) is 61.9 Å². The van der Waals surface area contributed by atoms with Crippen molar-refractivity contribution in [3.8, 4) is 5.75 Å². The summed E-state index contributed by atoms with van der Waals surface area (Å²) in [4.78, 5) is 30.3. The average molecular weight is 428 g/mol. The molecule has 0 radical (unpaired) electrons. The molecular weight excluding hydrogens is 402 g/mol. The molecule has 1 N–H and O–H groups in total. The predicted molar refractivity (Wildman–Crippen MR) is 128 cm³/mol. The van der Waals surface area contributed by atoms with E-state index in [9.17, 15) is 9.59 Å². The second-order valence-corrected chi connectivity index (χ2v) is 7.80. The van der Waals surface area contributed by atoms with Crippen LogP contribution in [0.1, 0.15) is 11.1 Å². The minimum atomic E-state index is -0.410. The lowest BCUT2D eigenvalue weighted by molar-refractivity contribution is -0.120. The molecule has 162 valence electrons. The van der Waals surface area contributed by atoms with Crippen LogP contribution in [0.15, 0.2) is 78.5 Å². The van der Waals surface area contributed by atoms with E-state index in [-0.39, 0.29) is 11.6 Å². The van der Waals surface area contributed by atoms with E-state index in [2.05, 4.69) is 5.32 Å². The first-order valence-electron chi connectivity index (χ1n) is 10.3. The quantitative estimate of drug-likeness (QED) is 0.589. The van der Waals surface area contributed by atoms with Gasteiger partial charge in [-0.15, -0.1) is 0 Å². The van der Waals surface area contributed by atoms with Crippen molar-refractivity contribution in [2.75, 3.05) is 36.3 Å². The summed E-state index contributed by atoms with van der Waals surface area (Å²) in [7, 11) is 5.39. The molecule has 6 heteroatoms. The van der Waals surface area contributed by atoms with Crippen molar-refractivity contribution < 1.29 is 14.3 Å². The lowest BCUT2D eigenvalue weighted by Gasteiger charge is -2.19. The fraction of sp³-hybridized carbons (Fsp3) is 0.154. The third kappa shape index (κ3) is 3.83. The fourth-order valence-corrected chi connectivity index (χ4v) is 3.66. The zero-order valence-electron chi connectivity index (χ0n) is 18.5. The van der Waals surface area contributed by atoms with Gasteiger partial charge in [0.25, 0.3) is 11.8 Å². The summed E-state index contributed by atoms with van der Waals surface area (Å²) in [6.45, 7) is 1.98. The fourth-order valence-electron chi connectivity index (χ4n) is 3.66. The van der Waals surface area contributed by atoms with Crippen LogP contribution in [0.5, 0.6) is 5.75 Å². The highest BCUT2D eigenvalue weighted by atomic mass is 16.5. The lowest BCUT2D eigenvalue weighted by atomic mass is 10.0. The van der Waals surface area contributed by atoms with Crippen molar-refractivity contribution in [3.05, 3.63) is 89.6 Å². The molecular formula is C26H25N3O3. The first-order chi connectivity index (χ1) is 15.4. The first kappa shape index (κ1) is 21.2. The number of para-hydroxylation sites is 2. The number of anilines is 3. The normalized spacial score (nSPS) is 13.6. The van der Waals surface area contributed by atoms with Crippen molar-refractivity contribution in [2.24, 2.45) is 0 Å². The summed E-state index contributed by atoms with van der Waals surface area (Å²) >= 11 is 0. The molecule has 0 unspecified atom stereocenters. The van der Waals surface area contributed by atoms with Gasteiger partial charge in [-0.2, -0.15) is 0 Å². The maximum absolute atomic E-state index is 13.6. The number of nitrogens with one attached hydrogen (secondary N) is 1. The summed E-state index contributed by atoms with van der Waals surface area (Å²) in [5, 5.41) is 3.17. The van der Waals surface area contributed by atoms with Gasteiger partial charge in [-0.25, -0.2) is 4.90 Å². The Hall–Kier alpha value is -4.06. The number of methoxy groups -OCH3 is 1. The van der Waals surface area contributed by atoms with Crippen LogP contribution in [-0.4, -0.2) is 33.0 Å². The van der Waals surface area contributed by atoms with Gasteiger partial charge in [-0.05, 0) is 42.8 Å². The summed E-state index contributed by atoms with van der Waals surface area (Å²) in [5.74, 6) is -0.198. The number of carbonyl (C=O) groups is 2. The number of nitrogens with zero attached hydrogens (tertiary/aromatic N) is 2. The molecule has 6 nitrogen and oxygen atoms in total. The summed E-state index contributed by atoms with van der Waals surface area (Å²) in [5.41, 5.74) is 4.33. The Labute approximate surface area is 187 Å². The molecule has 1 heterocycles. The van der Waals surface area contributed by atoms with Gasteiger partial charge in [0.05, 0.1) is 24.1 Å². The maximum atomic E-state index is 13.6. The first-order valence-corrected chi connectivity index (χ1v) is 10.3. The van der Waals surface area contributed by atoms with Crippen LogP contribution in [0, 0.1) is 6.92 Å². The third-order valence-corrected chi connectivity index (χ3v) is 5.40. The minimum absolute atomic E-state index is 0.221. The van der Waals surface area contributed by atoms with Gasteiger partial charge in [0, 0.05) is 19.8 Å². The second kappa shape index (κ2) is 8.59. The molecule has 0 spiro atoms. The van der Waals surface area contributed by atoms with Gasteiger partial charge in [0.2, 0.25) is 0 Å². The molecule has 0 saturated carbocycles. The Morgan fingerprint density at radius 3 is 2.28 bits per heavy atom. The van der Waals surface area contributed by atoms with Crippen LogP contribution >= 0.6 is 0 Å². The van der Waals surface area contributed by atoms with E-state index in [1.54, 1.807) is 19.2 Å². The minimum Gasteiger partial charge on any atom is -0.495 e. The highest BCUT2D eigenvalue weighted by molar-refractivity contribution is 6.46. The number of amides is 2. The molecule has 4 rings (SSSR count). The van der Waals surface area contributed by atoms with Crippen LogP contribution in [0.25, 0.3) is 5.57 Å².